The Balaban J connectivity index is 3.59. The van der Waals surface area contributed by atoms with Gasteiger partial charge in [-0.2, -0.15) is 0 Å². The number of unbranched alkanes of at least 4 members (excludes halogenated alkanes) is 3. The smallest absolute Gasteiger partial charge is 0.322 e. The van der Waals surface area contributed by atoms with Gasteiger partial charge >= 0.3 is 5.97 Å². The molecule has 1 atom stereocenters. The molecular formula is C14H29NO3. The minimum absolute atomic E-state index is 0.196. The van der Waals surface area contributed by atoms with E-state index in [0.29, 0.717) is 13.0 Å². The maximum absolute atomic E-state index is 11.5. The van der Waals surface area contributed by atoms with Crippen LogP contribution in [-0.2, 0) is 14.3 Å². The number of hydrogen-bond donors (Lipinski definition) is 1. The number of carbonyl (C=O) groups is 1. The van der Waals surface area contributed by atoms with Crippen LogP contribution in [0.3, 0.4) is 0 Å². The minimum Gasteiger partial charge on any atom is -0.468 e. The van der Waals surface area contributed by atoms with Crippen molar-refractivity contribution in [3.8, 4) is 0 Å². The summed E-state index contributed by atoms with van der Waals surface area (Å²) in [6.45, 7) is 6.51. The molecule has 0 fully saturated rings. The predicted molar refractivity (Wildman–Crippen MR) is 73.7 cm³/mol. The number of carbonyl (C=O) groups excluding carboxylic acids is 1. The number of esters is 1. The van der Waals surface area contributed by atoms with Gasteiger partial charge in [-0.15, -0.1) is 0 Å². The van der Waals surface area contributed by atoms with E-state index in [9.17, 15) is 4.79 Å². The third-order valence-electron chi connectivity index (χ3n) is 2.82. The van der Waals surface area contributed by atoms with Crippen molar-refractivity contribution >= 4 is 5.97 Å². The Morgan fingerprint density at radius 1 is 1.11 bits per heavy atom. The van der Waals surface area contributed by atoms with E-state index < -0.39 is 0 Å². The molecule has 0 spiro atoms. The molecule has 4 heteroatoms. The Kier molecular flexibility index (Phi) is 12.4. The summed E-state index contributed by atoms with van der Waals surface area (Å²) < 4.78 is 10.3. The van der Waals surface area contributed by atoms with Crippen molar-refractivity contribution in [1.29, 1.82) is 0 Å². The summed E-state index contributed by atoms with van der Waals surface area (Å²) in [7, 11) is 1.43. The first-order valence-corrected chi connectivity index (χ1v) is 7.15. The van der Waals surface area contributed by atoms with Crippen molar-refractivity contribution in [2.75, 3.05) is 26.9 Å². The van der Waals surface area contributed by atoms with Crippen molar-refractivity contribution in [3.05, 3.63) is 0 Å². The average Bonchev–Trinajstić information content (AvgIpc) is 2.40. The highest BCUT2D eigenvalue weighted by Gasteiger charge is 2.17. The second kappa shape index (κ2) is 12.8. The maximum atomic E-state index is 11.5. The van der Waals surface area contributed by atoms with E-state index in [-0.39, 0.29) is 12.0 Å². The fourth-order valence-corrected chi connectivity index (χ4v) is 1.70. The fourth-order valence-electron chi connectivity index (χ4n) is 1.70. The van der Waals surface area contributed by atoms with Gasteiger partial charge in [0.15, 0.2) is 0 Å². The predicted octanol–water partition coefficient (Wildman–Crippen LogP) is 2.51. The van der Waals surface area contributed by atoms with E-state index in [2.05, 4.69) is 19.2 Å². The highest BCUT2D eigenvalue weighted by atomic mass is 16.5. The Morgan fingerprint density at radius 3 is 2.50 bits per heavy atom. The molecule has 108 valence electrons. The molecule has 0 heterocycles. The second-order valence-corrected chi connectivity index (χ2v) is 4.49. The molecule has 0 aromatic heterocycles. The van der Waals surface area contributed by atoms with Crippen LogP contribution >= 0.6 is 0 Å². The van der Waals surface area contributed by atoms with Crippen molar-refractivity contribution < 1.29 is 14.3 Å². The van der Waals surface area contributed by atoms with Gasteiger partial charge in [0.2, 0.25) is 0 Å². The van der Waals surface area contributed by atoms with Gasteiger partial charge in [0.05, 0.1) is 7.11 Å². The lowest BCUT2D eigenvalue weighted by Gasteiger charge is -2.15. The summed E-state index contributed by atoms with van der Waals surface area (Å²) in [4.78, 5) is 11.5. The van der Waals surface area contributed by atoms with Gasteiger partial charge in [0.25, 0.3) is 0 Å². The minimum atomic E-state index is -0.231. The average molecular weight is 259 g/mol. The molecule has 1 unspecified atom stereocenters. The lowest BCUT2D eigenvalue weighted by molar-refractivity contribution is -0.143. The van der Waals surface area contributed by atoms with Crippen LogP contribution < -0.4 is 5.32 Å². The zero-order chi connectivity index (χ0) is 13.6. The van der Waals surface area contributed by atoms with Crippen molar-refractivity contribution in [2.24, 2.45) is 0 Å². The van der Waals surface area contributed by atoms with Gasteiger partial charge in [0.1, 0.15) is 6.04 Å². The Hall–Kier alpha value is -0.610. The highest BCUT2D eigenvalue weighted by Crippen LogP contribution is 2.01. The first-order valence-electron chi connectivity index (χ1n) is 7.15. The maximum Gasteiger partial charge on any atom is 0.322 e. The van der Waals surface area contributed by atoms with Crippen molar-refractivity contribution in [3.63, 3.8) is 0 Å². The van der Waals surface area contributed by atoms with Crippen LogP contribution in [0.1, 0.15) is 52.4 Å². The van der Waals surface area contributed by atoms with Crippen LogP contribution in [0.2, 0.25) is 0 Å². The number of rotatable bonds is 12. The number of ether oxygens (including phenoxy) is 2. The molecule has 0 aliphatic carbocycles. The molecule has 0 aromatic rings. The largest absolute Gasteiger partial charge is 0.468 e. The highest BCUT2D eigenvalue weighted by molar-refractivity contribution is 5.75. The zero-order valence-electron chi connectivity index (χ0n) is 12.2. The summed E-state index contributed by atoms with van der Waals surface area (Å²) in [5.74, 6) is -0.196. The molecule has 0 radical (unpaired) electrons. The molecule has 0 rings (SSSR count). The van der Waals surface area contributed by atoms with Crippen LogP contribution in [0, 0.1) is 0 Å². The first-order chi connectivity index (χ1) is 8.76. The van der Waals surface area contributed by atoms with Crippen LogP contribution in [0.15, 0.2) is 0 Å². The molecule has 4 nitrogen and oxygen atoms in total. The molecule has 0 amide bonds. The molecule has 1 N–H and O–H groups in total. The summed E-state index contributed by atoms with van der Waals surface area (Å²) in [5.41, 5.74) is 0. The molecule has 0 aliphatic heterocycles. The zero-order valence-corrected chi connectivity index (χ0v) is 12.2. The number of nitrogens with one attached hydrogen (secondary N) is 1. The fraction of sp³-hybridized carbons (Fsp3) is 0.929. The van der Waals surface area contributed by atoms with E-state index in [0.717, 1.165) is 26.0 Å². The van der Waals surface area contributed by atoms with E-state index >= 15 is 0 Å². The summed E-state index contributed by atoms with van der Waals surface area (Å²) in [6, 6.07) is -0.231. The SMILES string of the molecule is CCCCCCOCCC(NCCC)C(=O)OC. The van der Waals surface area contributed by atoms with Gasteiger partial charge < -0.3 is 14.8 Å². The molecular weight excluding hydrogens is 230 g/mol. The number of hydrogen-bond acceptors (Lipinski definition) is 4. The molecule has 0 bridgehead atoms. The topological polar surface area (TPSA) is 47.6 Å². The van der Waals surface area contributed by atoms with Crippen LogP contribution in [0.5, 0.6) is 0 Å². The second-order valence-electron chi connectivity index (χ2n) is 4.49. The molecule has 0 aliphatic rings. The molecule has 0 saturated heterocycles. The normalized spacial score (nSPS) is 12.4. The van der Waals surface area contributed by atoms with Gasteiger partial charge in [-0.25, -0.2) is 0 Å². The van der Waals surface area contributed by atoms with E-state index in [1.165, 1.54) is 26.4 Å². The molecule has 0 saturated carbocycles. The van der Waals surface area contributed by atoms with E-state index in [1.807, 2.05) is 0 Å². The van der Waals surface area contributed by atoms with Crippen molar-refractivity contribution in [2.45, 2.75) is 58.4 Å². The summed E-state index contributed by atoms with van der Waals surface area (Å²) in [6.07, 6.45) is 6.54. The van der Waals surface area contributed by atoms with Crippen LogP contribution in [0.4, 0.5) is 0 Å². The van der Waals surface area contributed by atoms with E-state index in [4.69, 9.17) is 9.47 Å². The standard InChI is InChI=1S/C14H29NO3/c1-4-6-7-8-11-18-12-9-13(14(16)17-3)15-10-5-2/h13,15H,4-12H2,1-3H3. The van der Waals surface area contributed by atoms with Crippen LogP contribution in [-0.4, -0.2) is 38.9 Å². The Labute approximate surface area is 111 Å². The first kappa shape index (κ1) is 17.4. The third kappa shape index (κ3) is 9.42. The molecule has 18 heavy (non-hydrogen) atoms. The summed E-state index contributed by atoms with van der Waals surface area (Å²) >= 11 is 0. The number of methoxy groups -OCH3 is 1. The summed E-state index contributed by atoms with van der Waals surface area (Å²) in [5, 5.41) is 3.18. The monoisotopic (exact) mass is 259 g/mol. The van der Waals surface area contributed by atoms with Gasteiger partial charge in [0, 0.05) is 13.2 Å². The lowest BCUT2D eigenvalue weighted by atomic mass is 10.2. The Bertz CT molecular complexity index is 197. The van der Waals surface area contributed by atoms with Gasteiger partial charge in [-0.3, -0.25) is 4.79 Å². The van der Waals surface area contributed by atoms with Gasteiger partial charge in [-0.1, -0.05) is 33.1 Å². The van der Waals surface area contributed by atoms with Gasteiger partial charge in [-0.05, 0) is 25.8 Å². The third-order valence-corrected chi connectivity index (χ3v) is 2.82. The lowest BCUT2D eigenvalue weighted by Crippen LogP contribution is -2.39. The quantitative estimate of drug-likeness (QED) is 0.432. The van der Waals surface area contributed by atoms with Crippen molar-refractivity contribution in [1.82, 2.24) is 5.32 Å². The Morgan fingerprint density at radius 2 is 1.89 bits per heavy atom. The molecule has 0 aromatic carbocycles. The van der Waals surface area contributed by atoms with Crippen LogP contribution in [0.25, 0.3) is 0 Å². The van der Waals surface area contributed by atoms with E-state index in [1.54, 1.807) is 0 Å².